The molecule has 19 heavy (non-hydrogen) atoms. The van der Waals surface area contributed by atoms with Crippen molar-refractivity contribution in [1.29, 1.82) is 0 Å². The van der Waals surface area contributed by atoms with Crippen LogP contribution in [-0.2, 0) is 6.42 Å². The van der Waals surface area contributed by atoms with Crippen molar-refractivity contribution >= 4 is 32.9 Å². The molecule has 3 rings (SSSR count). The number of nitrogens with one attached hydrogen (secondary N) is 1. The van der Waals surface area contributed by atoms with Crippen LogP contribution in [0.2, 0.25) is 0 Å². The molecule has 0 spiro atoms. The van der Waals surface area contributed by atoms with Gasteiger partial charge in [0.1, 0.15) is 5.01 Å². The lowest BCUT2D eigenvalue weighted by molar-refractivity contribution is 0.583. The lowest BCUT2D eigenvalue weighted by Gasteiger charge is -2.11. The number of hydrogen-bond donors (Lipinski definition) is 1. The van der Waals surface area contributed by atoms with Crippen LogP contribution in [0.5, 0.6) is 0 Å². The van der Waals surface area contributed by atoms with Gasteiger partial charge in [0.25, 0.3) is 0 Å². The first kappa shape index (κ1) is 12.7. The molecule has 0 saturated carbocycles. The van der Waals surface area contributed by atoms with Crippen LogP contribution in [0.1, 0.15) is 21.8 Å². The lowest BCUT2D eigenvalue weighted by atomic mass is 10.2. The van der Waals surface area contributed by atoms with Crippen LogP contribution < -0.4 is 5.32 Å². The van der Waals surface area contributed by atoms with Gasteiger partial charge in [-0.1, -0.05) is 12.1 Å². The number of fused-ring (bicyclic) bond motifs is 1. The number of thiazole rings is 2. The Bertz CT molecular complexity index is 654. The number of likely N-dealkylation sites (N-methyl/N-ethyl adjacent to an activating group) is 1. The second-order valence-electron chi connectivity index (χ2n) is 4.42. The first-order valence-electron chi connectivity index (χ1n) is 6.20. The molecule has 3 nitrogen and oxygen atoms in total. The summed E-state index contributed by atoms with van der Waals surface area (Å²) >= 11 is 3.46. The van der Waals surface area contributed by atoms with Crippen LogP contribution in [-0.4, -0.2) is 17.0 Å². The van der Waals surface area contributed by atoms with Gasteiger partial charge in [-0.15, -0.1) is 22.7 Å². The average Bonchev–Trinajstić information content (AvgIpc) is 3.01. The SMILES string of the molecule is CNC(Cc1csc(C)n1)c1nc2ccccc2s1. The summed E-state index contributed by atoms with van der Waals surface area (Å²) in [4.78, 5) is 9.25. The van der Waals surface area contributed by atoms with E-state index in [9.17, 15) is 0 Å². The van der Waals surface area contributed by atoms with Gasteiger partial charge in [0, 0.05) is 11.8 Å². The van der Waals surface area contributed by atoms with Crippen LogP contribution >= 0.6 is 22.7 Å². The van der Waals surface area contributed by atoms with Gasteiger partial charge in [0.15, 0.2) is 0 Å². The van der Waals surface area contributed by atoms with Gasteiger partial charge in [0.2, 0.25) is 0 Å². The van der Waals surface area contributed by atoms with Crippen molar-refractivity contribution in [1.82, 2.24) is 15.3 Å². The zero-order chi connectivity index (χ0) is 13.2. The van der Waals surface area contributed by atoms with Crippen LogP contribution in [0.25, 0.3) is 10.2 Å². The molecule has 1 atom stereocenters. The number of para-hydroxylation sites is 1. The van der Waals surface area contributed by atoms with Crippen molar-refractivity contribution in [2.75, 3.05) is 7.05 Å². The number of nitrogens with zero attached hydrogens (tertiary/aromatic N) is 2. The first-order valence-corrected chi connectivity index (χ1v) is 7.89. The molecular weight excluding hydrogens is 274 g/mol. The van der Waals surface area contributed by atoms with Crippen molar-refractivity contribution in [3.8, 4) is 0 Å². The molecule has 2 heterocycles. The van der Waals surface area contributed by atoms with Gasteiger partial charge < -0.3 is 5.32 Å². The Morgan fingerprint density at radius 1 is 1.26 bits per heavy atom. The molecule has 0 aliphatic rings. The van der Waals surface area contributed by atoms with Gasteiger partial charge >= 0.3 is 0 Å². The summed E-state index contributed by atoms with van der Waals surface area (Å²) in [6.07, 6.45) is 0.890. The summed E-state index contributed by atoms with van der Waals surface area (Å²) in [5.41, 5.74) is 2.22. The van der Waals surface area contributed by atoms with Crippen LogP contribution in [0, 0.1) is 6.92 Å². The van der Waals surface area contributed by atoms with Gasteiger partial charge in [-0.3, -0.25) is 0 Å². The Balaban J connectivity index is 1.88. The van der Waals surface area contributed by atoms with Crippen LogP contribution in [0.15, 0.2) is 29.6 Å². The maximum Gasteiger partial charge on any atom is 0.111 e. The van der Waals surface area contributed by atoms with E-state index in [1.54, 1.807) is 22.7 Å². The van der Waals surface area contributed by atoms with Gasteiger partial charge in [-0.25, -0.2) is 9.97 Å². The van der Waals surface area contributed by atoms with Crippen LogP contribution in [0.4, 0.5) is 0 Å². The molecular formula is C14H15N3S2. The van der Waals surface area contributed by atoms with Crippen molar-refractivity contribution in [2.24, 2.45) is 0 Å². The largest absolute Gasteiger partial charge is 0.311 e. The third-order valence-electron chi connectivity index (χ3n) is 3.04. The summed E-state index contributed by atoms with van der Waals surface area (Å²) in [6, 6.07) is 8.51. The number of rotatable bonds is 4. The zero-order valence-electron chi connectivity index (χ0n) is 10.9. The third-order valence-corrected chi connectivity index (χ3v) is 5.01. The number of benzene rings is 1. The Morgan fingerprint density at radius 3 is 2.79 bits per heavy atom. The molecule has 98 valence electrons. The Labute approximate surface area is 120 Å². The fraction of sp³-hybridized carbons (Fsp3) is 0.286. The van der Waals surface area contributed by atoms with E-state index in [1.807, 2.05) is 20.0 Å². The summed E-state index contributed by atoms with van der Waals surface area (Å²) in [7, 11) is 1.98. The standard InChI is InChI=1S/C14H15N3S2/c1-9-16-10(8-18-9)7-12(15-2)14-17-11-5-3-4-6-13(11)19-14/h3-6,8,12,15H,7H2,1-2H3. The quantitative estimate of drug-likeness (QED) is 0.798. The molecule has 2 aromatic heterocycles. The van der Waals surface area contributed by atoms with E-state index in [4.69, 9.17) is 4.98 Å². The highest BCUT2D eigenvalue weighted by atomic mass is 32.1. The second kappa shape index (κ2) is 5.36. The Morgan fingerprint density at radius 2 is 2.11 bits per heavy atom. The summed E-state index contributed by atoms with van der Waals surface area (Å²) < 4.78 is 1.24. The predicted octanol–water partition coefficient (Wildman–Crippen LogP) is 3.56. The second-order valence-corrected chi connectivity index (χ2v) is 6.55. The summed E-state index contributed by atoms with van der Waals surface area (Å²) in [5, 5.41) is 7.73. The summed E-state index contributed by atoms with van der Waals surface area (Å²) in [6.45, 7) is 2.04. The number of aromatic nitrogens is 2. The number of hydrogen-bond acceptors (Lipinski definition) is 5. The lowest BCUT2D eigenvalue weighted by Crippen LogP contribution is -2.18. The molecule has 0 bridgehead atoms. The highest BCUT2D eigenvalue weighted by Gasteiger charge is 2.16. The fourth-order valence-corrected chi connectivity index (χ4v) is 3.77. The molecule has 1 unspecified atom stereocenters. The van der Waals surface area contributed by atoms with E-state index < -0.39 is 0 Å². The van der Waals surface area contributed by atoms with E-state index in [1.165, 1.54) is 4.70 Å². The maximum absolute atomic E-state index is 4.72. The molecule has 5 heteroatoms. The molecule has 1 aromatic carbocycles. The van der Waals surface area contributed by atoms with E-state index >= 15 is 0 Å². The molecule has 0 radical (unpaired) electrons. The van der Waals surface area contributed by atoms with Crippen molar-refractivity contribution in [2.45, 2.75) is 19.4 Å². The Kier molecular flexibility index (Phi) is 3.59. The molecule has 0 saturated heterocycles. The molecule has 3 aromatic rings. The average molecular weight is 289 g/mol. The molecule has 0 fully saturated rings. The van der Waals surface area contributed by atoms with Gasteiger partial charge in [0.05, 0.1) is 27.0 Å². The molecule has 0 aliphatic heterocycles. The minimum absolute atomic E-state index is 0.235. The van der Waals surface area contributed by atoms with E-state index in [-0.39, 0.29) is 6.04 Å². The molecule has 1 N–H and O–H groups in total. The summed E-state index contributed by atoms with van der Waals surface area (Å²) in [5.74, 6) is 0. The van der Waals surface area contributed by atoms with Crippen molar-refractivity contribution in [3.63, 3.8) is 0 Å². The van der Waals surface area contributed by atoms with Gasteiger partial charge in [-0.05, 0) is 26.1 Å². The van der Waals surface area contributed by atoms with E-state index in [2.05, 4.69) is 33.9 Å². The minimum Gasteiger partial charge on any atom is -0.311 e. The fourth-order valence-electron chi connectivity index (χ4n) is 2.06. The van der Waals surface area contributed by atoms with Crippen LogP contribution in [0.3, 0.4) is 0 Å². The Hall–Kier alpha value is -1.30. The normalized spacial score (nSPS) is 12.9. The highest BCUT2D eigenvalue weighted by Crippen LogP contribution is 2.28. The predicted molar refractivity (Wildman–Crippen MR) is 82.0 cm³/mol. The topological polar surface area (TPSA) is 37.8 Å². The minimum atomic E-state index is 0.235. The van der Waals surface area contributed by atoms with E-state index in [0.29, 0.717) is 0 Å². The van der Waals surface area contributed by atoms with E-state index in [0.717, 1.165) is 27.6 Å². The highest BCUT2D eigenvalue weighted by molar-refractivity contribution is 7.18. The smallest absolute Gasteiger partial charge is 0.111 e. The monoisotopic (exact) mass is 289 g/mol. The first-order chi connectivity index (χ1) is 9.26. The van der Waals surface area contributed by atoms with Crippen molar-refractivity contribution < 1.29 is 0 Å². The number of aryl methyl sites for hydroxylation is 1. The molecule has 0 amide bonds. The maximum atomic E-state index is 4.72. The van der Waals surface area contributed by atoms with Gasteiger partial charge in [-0.2, -0.15) is 0 Å². The van der Waals surface area contributed by atoms with Crippen molar-refractivity contribution in [3.05, 3.63) is 45.4 Å². The third kappa shape index (κ3) is 2.68. The molecule has 0 aliphatic carbocycles. The zero-order valence-corrected chi connectivity index (χ0v) is 12.5.